The van der Waals surface area contributed by atoms with Gasteiger partial charge < -0.3 is 4.74 Å². The summed E-state index contributed by atoms with van der Waals surface area (Å²) in [6, 6.07) is 0. The monoisotopic (exact) mass is 148 g/mol. The summed E-state index contributed by atoms with van der Waals surface area (Å²) < 4.78 is 5.89. The van der Waals surface area contributed by atoms with E-state index in [1.54, 1.807) is 0 Å². The Morgan fingerprint density at radius 2 is 1.09 bits per heavy atom. The molecular formula is C10H12O. The van der Waals surface area contributed by atoms with E-state index in [1.807, 2.05) is 0 Å². The molecule has 0 aromatic heterocycles. The van der Waals surface area contributed by atoms with Crippen molar-refractivity contribution in [2.24, 2.45) is 0 Å². The zero-order valence-electron chi connectivity index (χ0n) is 6.55. The van der Waals surface area contributed by atoms with Gasteiger partial charge in [-0.1, -0.05) is 24.3 Å². The lowest BCUT2D eigenvalue weighted by Crippen LogP contribution is -2.28. The van der Waals surface area contributed by atoms with Gasteiger partial charge >= 0.3 is 0 Å². The predicted molar refractivity (Wildman–Crippen MR) is 43.3 cm³/mol. The highest BCUT2D eigenvalue weighted by Gasteiger charge is 2.68. The van der Waals surface area contributed by atoms with E-state index in [0.717, 1.165) is 25.7 Å². The third-order valence-electron chi connectivity index (χ3n) is 3.30. The minimum absolute atomic E-state index is 0.247. The molecule has 0 radical (unpaired) electrons. The van der Waals surface area contributed by atoms with Gasteiger partial charge in [-0.2, -0.15) is 0 Å². The normalized spacial score (nSPS) is 51.6. The standard InChI is InChI=1S/C10H12O/c1-2-6-10-8-4-3-7-9(10,5-1)11-10/h1-4H,5-8H2. The van der Waals surface area contributed by atoms with Crippen molar-refractivity contribution >= 4 is 0 Å². The van der Waals surface area contributed by atoms with Gasteiger partial charge in [0.2, 0.25) is 0 Å². The second kappa shape index (κ2) is 1.61. The molecule has 1 fully saturated rings. The molecule has 0 atom stereocenters. The smallest absolute Gasteiger partial charge is 0.105 e. The van der Waals surface area contributed by atoms with Crippen LogP contribution < -0.4 is 0 Å². The highest BCUT2D eigenvalue weighted by atomic mass is 16.6. The van der Waals surface area contributed by atoms with Gasteiger partial charge in [-0.15, -0.1) is 0 Å². The zero-order valence-corrected chi connectivity index (χ0v) is 6.55. The van der Waals surface area contributed by atoms with Crippen molar-refractivity contribution in [3.63, 3.8) is 0 Å². The van der Waals surface area contributed by atoms with Gasteiger partial charge in [0, 0.05) is 0 Å². The predicted octanol–water partition coefficient (Wildman–Crippen LogP) is 2.19. The van der Waals surface area contributed by atoms with Gasteiger partial charge in [0.05, 0.1) is 0 Å². The summed E-state index contributed by atoms with van der Waals surface area (Å²) in [4.78, 5) is 0. The lowest BCUT2D eigenvalue weighted by atomic mass is 9.76. The maximum atomic E-state index is 5.89. The molecule has 1 aliphatic heterocycles. The summed E-state index contributed by atoms with van der Waals surface area (Å²) in [5.74, 6) is 0. The Bertz CT molecular complexity index is 208. The van der Waals surface area contributed by atoms with Crippen LogP contribution in [0, 0.1) is 0 Å². The summed E-state index contributed by atoms with van der Waals surface area (Å²) >= 11 is 0. The van der Waals surface area contributed by atoms with Crippen LogP contribution in [0.5, 0.6) is 0 Å². The van der Waals surface area contributed by atoms with Gasteiger partial charge in [-0.05, 0) is 25.7 Å². The van der Waals surface area contributed by atoms with E-state index in [4.69, 9.17) is 4.74 Å². The van der Waals surface area contributed by atoms with Crippen LogP contribution in [0.15, 0.2) is 24.3 Å². The van der Waals surface area contributed by atoms with Crippen LogP contribution in [0.25, 0.3) is 0 Å². The van der Waals surface area contributed by atoms with E-state index >= 15 is 0 Å². The number of ether oxygens (including phenoxy) is 1. The van der Waals surface area contributed by atoms with Crippen LogP contribution in [0.1, 0.15) is 25.7 Å². The maximum absolute atomic E-state index is 5.89. The Hall–Kier alpha value is -0.560. The van der Waals surface area contributed by atoms with E-state index in [0.29, 0.717) is 0 Å². The first-order valence-electron chi connectivity index (χ1n) is 4.37. The van der Waals surface area contributed by atoms with Crippen molar-refractivity contribution in [1.82, 2.24) is 0 Å². The molecule has 0 N–H and O–H groups in total. The molecule has 0 aromatic carbocycles. The number of hydrogen-bond donors (Lipinski definition) is 0. The summed E-state index contributed by atoms with van der Waals surface area (Å²) in [6.45, 7) is 0. The quantitative estimate of drug-likeness (QED) is 0.379. The second-order valence-corrected chi connectivity index (χ2v) is 3.85. The minimum Gasteiger partial charge on any atom is -0.361 e. The van der Waals surface area contributed by atoms with Crippen LogP contribution >= 0.6 is 0 Å². The molecule has 0 aromatic rings. The van der Waals surface area contributed by atoms with Crippen LogP contribution in [0.4, 0.5) is 0 Å². The molecule has 3 aliphatic rings. The van der Waals surface area contributed by atoms with Crippen LogP contribution in [0.3, 0.4) is 0 Å². The van der Waals surface area contributed by atoms with Crippen molar-refractivity contribution in [2.45, 2.75) is 36.9 Å². The highest BCUT2D eigenvalue weighted by molar-refractivity contribution is 5.29. The average molecular weight is 148 g/mol. The first-order valence-corrected chi connectivity index (χ1v) is 4.37. The van der Waals surface area contributed by atoms with Crippen molar-refractivity contribution in [3.05, 3.63) is 24.3 Å². The molecule has 1 heterocycles. The molecule has 0 bridgehead atoms. The molecular weight excluding hydrogens is 136 g/mol. The summed E-state index contributed by atoms with van der Waals surface area (Å²) in [5, 5.41) is 0. The zero-order chi connectivity index (χ0) is 7.36. The van der Waals surface area contributed by atoms with Gasteiger partial charge in [0.25, 0.3) is 0 Å². The highest BCUT2D eigenvalue weighted by Crippen LogP contribution is 2.61. The fraction of sp³-hybridized carbons (Fsp3) is 0.600. The lowest BCUT2D eigenvalue weighted by Gasteiger charge is -2.22. The van der Waals surface area contributed by atoms with Crippen LogP contribution in [-0.2, 0) is 4.74 Å². The molecule has 2 aliphatic carbocycles. The molecule has 0 saturated carbocycles. The second-order valence-electron chi connectivity index (χ2n) is 3.85. The summed E-state index contributed by atoms with van der Waals surface area (Å²) in [5.41, 5.74) is 0.493. The molecule has 3 rings (SSSR count). The Labute approximate surface area is 66.7 Å². The van der Waals surface area contributed by atoms with Gasteiger partial charge in [0.1, 0.15) is 11.2 Å². The molecule has 58 valence electrons. The SMILES string of the molecule is C1=CCC23CC=CCC2(C1)O3. The van der Waals surface area contributed by atoms with E-state index in [-0.39, 0.29) is 11.2 Å². The largest absolute Gasteiger partial charge is 0.361 e. The van der Waals surface area contributed by atoms with E-state index in [9.17, 15) is 0 Å². The van der Waals surface area contributed by atoms with Crippen LogP contribution in [-0.4, -0.2) is 11.2 Å². The average Bonchev–Trinajstić information content (AvgIpc) is 2.72. The third kappa shape index (κ3) is 0.564. The molecule has 11 heavy (non-hydrogen) atoms. The van der Waals surface area contributed by atoms with Crippen LogP contribution in [0.2, 0.25) is 0 Å². The molecule has 1 saturated heterocycles. The fourth-order valence-electron chi connectivity index (χ4n) is 2.52. The number of rotatable bonds is 0. The summed E-state index contributed by atoms with van der Waals surface area (Å²) in [7, 11) is 0. The van der Waals surface area contributed by atoms with Crippen molar-refractivity contribution in [2.75, 3.05) is 0 Å². The number of epoxide rings is 1. The van der Waals surface area contributed by atoms with Crippen molar-refractivity contribution in [1.29, 1.82) is 0 Å². The Balaban J connectivity index is 2.02. The Morgan fingerprint density at radius 3 is 1.45 bits per heavy atom. The number of hydrogen-bond acceptors (Lipinski definition) is 1. The van der Waals surface area contributed by atoms with Gasteiger partial charge in [-0.3, -0.25) is 0 Å². The molecule has 1 nitrogen and oxygen atoms in total. The molecule has 0 amide bonds. The Kier molecular flexibility index (Phi) is 0.880. The fourth-order valence-corrected chi connectivity index (χ4v) is 2.52. The van der Waals surface area contributed by atoms with E-state index < -0.39 is 0 Å². The van der Waals surface area contributed by atoms with Gasteiger partial charge in [-0.25, -0.2) is 0 Å². The first-order chi connectivity index (χ1) is 5.37. The van der Waals surface area contributed by atoms with Crippen molar-refractivity contribution in [3.8, 4) is 0 Å². The third-order valence-corrected chi connectivity index (χ3v) is 3.30. The lowest BCUT2D eigenvalue weighted by molar-refractivity contribution is 0.270. The minimum atomic E-state index is 0.247. The topological polar surface area (TPSA) is 12.5 Å². The molecule has 0 spiro atoms. The molecule has 1 heteroatoms. The van der Waals surface area contributed by atoms with E-state index in [1.165, 1.54) is 0 Å². The summed E-state index contributed by atoms with van der Waals surface area (Å²) in [6.07, 6.45) is 13.6. The molecule has 0 unspecified atom stereocenters. The van der Waals surface area contributed by atoms with Crippen molar-refractivity contribution < 1.29 is 4.74 Å². The van der Waals surface area contributed by atoms with E-state index in [2.05, 4.69) is 24.3 Å². The first kappa shape index (κ1) is 6.01. The Morgan fingerprint density at radius 1 is 0.727 bits per heavy atom. The maximum Gasteiger partial charge on any atom is 0.105 e. The van der Waals surface area contributed by atoms with Gasteiger partial charge in [0.15, 0.2) is 0 Å².